The summed E-state index contributed by atoms with van der Waals surface area (Å²) in [5.74, 6) is -0.421. The summed E-state index contributed by atoms with van der Waals surface area (Å²) in [6.07, 6.45) is 2.84. The number of hydrogen-bond donors (Lipinski definition) is 1. The maximum absolute atomic E-state index is 12.3. The Balaban J connectivity index is 2.00. The number of fused-ring (bicyclic) bond motifs is 1. The molecule has 0 saturated carbocycles. The molecule has 1 atom stereocenters. The van der Waals surface area contributed by atoms with Gasteiger partial charge in [-0.2, -0.15) is 17.4 Å². The Morgan fingerprint density at radius 3 is 3.05 bits per heavy atom. The minimum atomic E-state index is -3.60. The molecule has 0 fully saturated rings. The van der Waals surface area contributed by atoms with Gasteiger partial charge in [0.1, 0.15) is 0 Å². The van der Waals surface area contributed by atoms with Crippen LogP contribution in [0.15, 0.2) is 11.4 Å². The van der Waals surface area contributed by atoms with Crippen molar-refractivity contribution < 1.29 is 17.9 Å². The number of nitrogens with zero attached hydrogens (tertiary/aromatic N) is 1. The maximum atomic E-state index is 12.3. The van der Waals surface area contributed by atoms with Crippen LogP contribution in [0, 0.1) is 0 Å². The molecule has 0 amide bonds. The Hall–Kier alpha value is -0.960. The number of rotatable bonds is 6. The molecule has 1 aromatic rings. The van der Waals surface area contributed by atoms with Crippen molar-refractivity contribution in [1.82, 2.24) is 9.03 Å². The lowest BCUT2D eigenvalue weighted by Gasteiger charge is -2.26. The van der Waals surface area contributed by atoms with Gasteiger partial charge in [-0.15, -0.1) is 11.3 Å². The summed E-state index contributed by atoms with van der Waals surface area (Å²) < 4.78 is 33.0. The first-order valence-corrected chi connectivity index (χ1v) is 9.12. The Morgan fingerprint density at radius 1 is 1.57 bits per heavy atom. The van der Waals surface area contributed by atoms with Crippen molar-refractivity contribution in [2.75, 3.05) is 20.7 Å². The fraction of sp³-hybridized carbons (Fsp3) is 0.615. The van der Waals surface area contributed by atoms with Gasteiger partial charge in [0.15, 0.2) is 0 Å². The lowest BCUT2D eigenvalue weighted by molar-refractivity contribution is -0.140. The number of hydrogen-bond acceptors (Lipinski definition) is 5. The van der Waals surface area contributed by atoms with E-state index in [4.69, 9.17) is 0 Å². The zero-order valence-electron chi connectivity index (χ0n) is 12.2. The summed E-state index contributed by atoms with van der Waals surface area (Å²) in [4.78, 5) is 12.4. The maximum Gasteiger partial charge on any atom is 0.306 e. The molecule has 0 bridgehead atoms. The molecule has 1 aromatic heterocycles. The van der Waals surface area contributed by atoms with E-state index in [1.54, 1.807) is 11.3 Å². The molecular formula is C13H20N2O4S2. The number of nitrogens with one attached hydrogen (secondary N) is 1. The fourth-order valence-corrected chi connectivity index (χ4v) is 4.45. The van der Waals surface area contributed by atoms with Crippen LogP contribution >= 0.6 is 11.3 Å². The van der Waals surface area contributed by atoms with Crippen molar-refractivity contribution in [3.05, 3.63) is 21.9 Å². The first kappa shape index (κ1) is 16.4. The van der Waals surface area contributed by atoms with Gasteiger partial charge < -0.3 is 4.74 Å². The molecule has 0 aliphatic heterocycles. The highest BCUT2D eigenvalue weighted by atomic mass is 32.2. The van der Waals surface area contributed by atoms with Gasteiger partial charge in [0.05, 0.1) is 13.5 Å². The molecule has 2 rings (SSSR count). The van der Waals surface area contributed by atoms with E-state index in [1.165, 1.54) is 19.0 Å². The third-order valence-corrected chi connectivity index (χ3v) is 6.19. The van der Waals surface area contributed by atoms with E-state index in [9.17, 15) is 13.2 Å². The van der Waals surface area contributed by atoms with Gasteiger partial charge in [0, 0.05) is 24.5 Å². The topological polar surface area (TPSA) is 75.7 Å². The highest BCUT2D eigenvalue weighted by Crippen LogP contribution is 2.33. The lowest BCUT2D eigenvalue weighted by Crippen LogP contribution is -2.41. The quantitative estimate of drug-likeness (QED) is 0.800. The summed E-state index contributed by atoms with van der Waals surface area (Å²) in [5, 5.41) is 2.00. The Bertz CT molecular complexity index is 597. The molecule has 0 spiro atoms. The van der Waals surface area contributed by atoms with Gasteiger partial charge in [0.2, 0.25) is 0 Å². The van der Waals surface area contributed by atoms with Crippen LogP contribution in [0.25, 0.3) is 0 Å². The molecular weight excluding hydrogens is 312 g/mol. The van der Waals surface area contributed by atoms with Crippen LogP contribution < -0.4 is 4.72 Å². The van der Waals surface area contributed by atoms with Crippen LogP contribution in [-0.2, 0) is 26.2 Å². The van der Waals surface area contributed by atoms with Crippen LogP contribution in [0.4, 0.5) is 0 Å². The molecule has 1 aliphatic rings. The summed E-state index contributed by atoms with van der Waals surface area (Å²) in [7, 11) is -0.856. The lowest BCUT2D eigenvalue weighted by atomic mass is 9.95. The predicted octanol–water partition coefficient (Wildman–Crippen LogP) is 1.45. The molecule has 21 heavy (non-hydrogen) atoms. The van der Waals surface area contributed by atoms with Gasteiger partial charge in [-0.25, -0.2) is 0 Å². The van der Waals surface area contributed by atoms with Gasteiger partial charge in [0.25, 0.3) is 10.2 Å². The molecule has 1 aliphatic carbocycles. The zero-order valence-corrected chi connectivity index (χ0v) is 13.8. The van der Waals surface area contributed by atoms with Crippen LogP contribution in [0.1, 0.15) is 35.7 Å². The van der Waals surface area contributed by atoms with E-state index in [0.717, 1.165) is 29.1 Å². The molecule has 8 heteroatoms. The summed E-state index contributed by atoms with van der Waals surface area (Å²) in [5.41, 5.74) is 1.08. The second-order valence-electron chi connectivity index (χ2n) is 5.01. The van der Waals surface area contributed by atoms with Crippen molar-refractivity contribution >= 4 is 27.5 Å². The highest BCUT2D eigenvalue weighted by molar-refractivity contribution is 7.87. The van der Waals surface area contributed by atoms with E-state index in [0.29, 0.717) is 0 Å². The van der Waals surface area contributed by atoms with E-state index >= 15 is 0 Å². The van der Waals surface area contributed by atoms with E-state index < -0.39 is 16.2 Å². The monoisotopic (exact) mass is 332 g/mol. The molecule has 0 saturated heterocycles. The SMILES string of the molecule is COC(=O)CCN(C)S(=O)(=O)NC1CCCc2sccc21. The Morgan fingerprint density at radius 2 is 2.33 bits per heavy atom. The first-order chi connectivity index (χ1) is 9.94. The highest BCUT2D eigenvalue weighted by Gasteiger charge is 2.27. The minimum absolute atomic E-state index is 0.0439. The minimum Gasteiger partial charge on any atom is -0.469 e. The molecule has 0 aromatic carbocycles. The first-order valence-electron chi connectivity index (χ1n) is 6.80. The zero-order chi connectivity index (χ0) is 15.5. The summed E-state index contributed by atoms with van der Waals surface area (Å²) in [6.45, 7) is 0.102. The fourth-order valence-electron chi connectivity index (χ4n) is 2.35. The second-order valence-corrected chi connectivity index (χ2v) is 7.82. The second kappa shape index (κ2) is 6.87. The Labute approximate surface area is 129 Å². The average molecular weight is 332 g/mol. The largest absolute Gasteiger partial charge is 0.469 e. The summed E-state index contributed by atoms with van der Waals surface area (Å²) in [6, 6.07) is 1.81. The molecule has 6 nitrogen and oxygen atoms in total. The number of esters is 1. The molecule has 0 radical (unpaired) electrons. The van der Waals surface area contributed by atoms with Crippen molar-refractivity contribution in [3.8, 4) is 0 Å². The number of thiophene rings is 1. The van der Waals surface area contributed by atoms with Crippen molar-refractivity contribution in [3.63, 3.8) is 0 Å². The number of carbonyl (C=O) groups is 1. The third kappa shape index (κ3) is 4.03. The number of methoxy groups -OCH3 is 1. The van der Waals surface area contributed by atoms with Crippen molar-refractivity contribution in [2.45, 2.75) is 31.7 Å². The standard InChI is InChI=1S/C13H20N2O4S2/c1-15(8-6-13(16)19-2)21(17,18)14-11-4-3-5-12-10(11)7-9-20-12/h7,9,11,14H,3-6,8H2,1-2H3. The van der Waals surface area contributed by atoms with Gasteiger partial charge in [-0.3, -0.25) is 4.79 Å². The van der Waals surface area contributed by atoms with Crippen molar-refractivity contribution in [1.29, 1.82) is 0 Å². The number of ether oxygens (including phenoxy) is 1. The van der Waals surface area contributed by atoms with Crippen LogP contribution in [0.3, 0.4) is 0 Å². The Kier molecular flexibility index (Phi) is 5.37. The predicted molar refractivity (Wildman–Crippen MR) is 81.3 cm³/mol. The van der Waals surface area contributed by atoms with E-state index in [1.807, 2.05) is 11.4 Å². The normalized spacial score (nSPS) is 18.5. The smallest absolute Gasteiger partial charge is 0.306 e. The molecule has 1 heterocycles. The van der Waals surface area contributed by atoms with Gasteiger partial charge in [-0.1, -0.05) is 0 Å². The van der Waals surface area contributed by atoms with Crippen molar-refractivity contribution in [2.24, 2.45) is 0 Å². The average Bonchev–Trinajstić information content (AvgIpc) is 2.93. The number of carbonyl (C=O) groups excluding carboxylic acids is 1. The summed E-state index contributed by atoms with van der Waals surface area (Å²) >= 11 is 1.67. The molecule has 1 unspecified atom stereocenters. The van der Waals surface area contributed by atoms with Crippen LogP contribution in [0.2, 0.25) is 0 Å². The van der Waals surface area contributed by atoms with E-state index in [-0.39, 0.29) is 19.0 Å². The van der Waals surface area contributed by atoms with Crippen LogP contribution in [0.5, 0.6) is 0 Å². The van der Waals surface area contributed by atoms with E-state index in [2.05, 4.69) is 9.46 Å². The third-order valence-electron chi connectivity index (χ3n) is 3.61. The molecule has 118 valence electrons. The number of aryl methyl sites for hydroxylation is 1. The van der Waals surface area contributed by atoms with Gasteiger partial charge >= 0.3 is 5.97 Å². The van der Waals surface area contributed by atoms with Gasteiger partial charge in [-0.05, 0) is 36.3 Å². The van der Waals surface area contributed by atoms with Crippen LogP contribution in [-0.4, -0.2) is 39.4 Å². The molecule has 1 N–H and O–H groups in total.